The molecule has 0 aliphatic carbocycles. The first-order chi connectivity index (χ1) is 5.84. The molecule has 3 heteroatoms. The molecule has 0 atom stereocenters. The Balaban J connectivity index is 2.02. The van der Waals surface area contributed by atoms with Gasteiger partial charge in [-0.2, -0.15) is 0 Å². The van der Waals surface area contributed by atoms with Gasteiger partial charge in [-0.25, -0.2) is 4.98 Å². The molecule has 1 aromatic heterocycles. The summed E-state index contributed by atoms with van der Waals surface area (Å²) in [5, 5.41) is 0. The molecule has 0 amide bonds. The van der Waals surface area contributed by atoms with E-state index in [1.807, 2.05) is 12.1 Å². The van der Waals surface area contributed by atoms with Crippen LogP contribution in [0.25, 0.3) is 0 Å². The standard InChI is InChI=1S/C9H11BrN2/c10-9-4-1-3-8(11-9)7-12-5-2-6-12/h1,3-4H,2,5-7H2. The molecule has 12 heavy (non-hydrogen) atoms. The second-order valence-electron chi connectivity index (χ2n) is 3.08. The molecule has 1 aliphatic heterocycles. The smallest absolute Gasteiger partial charge is 0.106 e. The lowest BCUT2D eigenvalue weighted by molar-refractivity contribution is 0.170. The molecule has 1 aromatic rings. The van der Waals surface area contributed by atoms with Crippen molar-refractivity contribution in [1.29, 1.82) is 0 Å². The van der Waals surface area contributed by atoms with Crippen molar-refractivity contribution in [3.05, 3.63) is 28.5 Å². The quantitative estimate of drug-likeness (QED) is 0.719. The van der Waals surface area contributed by atoms with Gasteiger partial charge in [0.1, 0.15) is 4.60 Å². The summed E-state index contributed by atoms with van der Waals surface area (Å²) in [6, 6.07) is 6.06. The molecule has 0 N–H and O–H groups in total. The van der Waals surface area contributed by atoms with Crippen LogP contribution in [0.3, 0.4) is 0 Å². The fraction of sp³-hybridized carbons (Fsp3) is 0.444. The Labute approximate surface area is 80.7 Å². The fourth-order valence-electron chi connectivity index (χ4n) is 1.31. The van der Waals surface area contributed by atoms with Gasteiger partial charge in [0.15, 0.2) is 0 Å². The molecule has 1 aliphatic rings. The Kier molecular flexibility index (Phi) is 2.42. The number of rotatable bonds is 2. The van der Waals surface area contributed by atoms with Crippen molar-refractivity contribution in [3.63, 3.8) is 0 Å². The minimum Gasteiger partial charge on any atom is -0.297 e. The van der Waals surface area contributed by atoms with Crippen LogP contribution in [-0.4, -0.2) is 23.0 Å². The van der Waals surface area contributed by atoms with Crippen LogP contribution in [0.5, 0.6) is 0 Å². The number of hydrogen-bond donors (Lipinski definition) is 0. The highest BCUT2D eigenvalue weighted by atomic mass is 79.9. The van der Waals surface area contributed by atoms with Crippen molar-refractivity contribution in [2.45, 2.75) is 13.0 Å². The third-order valence-corrected chi connectivity index (χ3v) is 2.55. The molecule has 0 bridgehead atoms. The zero-order valence-electron chi connectivity index (χ0n) is 6.83. The number of hydrogen-bond acceptors (Lipinski definition) is 2. The highest BCUT2D eigenvalue weighted by Crippen LogP contribution is 2.12. The Morgan fingerprint density at radius 1 is 1.42 bits per heavy atom. The molecule has 2 nitrogen and oxygen atoms in total. The first kappa shape index (κ1) is 8.20. The minimum absolute atomic E-state index is 0.931. The summed E-state index contributed by atoms with van der Waals surface area (Å²) < 4.78 is 0.931. The molecule has 2 heterocycles. The van der Waals surface area contributed by atoms with E-state index in [1.165, 1.54) is 19.5 Å². The topological polar surface area (TPSA) is 16.1 Å². The van der Waals surface area contributed by atoms with Crippen LogP contribution in [0.4, 0.5) is 0 Å². The number of pyridine rings is 1. The SMILES string of the molecule is Brc1cccc(CN2CCC2)n1. The lowest BCUT2D eigenvalue weighted by atomic mass is 10.2. The van der Waals surface area contributed by atoms with Gasteiger partial charge in [-0.15, -0.1) is 0 Å². The molecule has 0 radical (unpaired) electrons. The van der Waals surface area contributed by atoms with Gasteiger partial charge < -0.3 is 0 Å². The van der Waals surface area contributed by atoms with Gasteiger partial charge >= 0.3 is 0 Å². The van der Waals surface area contributed by atoms with Gasteiger partial charge in [0.2, 0.25) is 0 Å². The summed E-state index contributed by atoms with van der Waals surface area (Å²) in [6.45, 7) is 3.46. The number of likely N-dealkylation sites (tertiary alicyclic amines) is 1. The molecular formula is C9H11BrN2. The predicted molar refractivity (Wildman–Crippen MR) is 51.8 cm³/mol. The molecule has 0 spiro atoms. The van der Waals surface area contributed by atoms with Crippen LogP contribution in [0.1, 0.15) is 12.1 Å². The Morgan fingerprint density at radius 3 is 2.83 bits per heavy atom. The van der Waals surface area contributed by atoms with Gasteiger partial charge in [0, 0.05) is 6.54 Å². The lowest BCUT2D eigenvalue weighted by Crippen LogP contribution is -2.36. The van der Waals surface area contributed by atoms with E-state index in [9.17, 15) is 0 Å². The number of nitrogens with zero attached hydrogens (tertiary/aromatic N) is 2. The van der Waals surface area contributed by atoms with Gasteiger partial charge in [-0.3, -0.25) is 4.90 Å². The van der Waals surface area contributed by atoms with Gasteiger partial charge in [-0.05, 0) is 47.6 Å². The van der Waals surface area contributed by atoms with Gasteiger partial charge in [-0.1, -0.05) is 6.07 Å². The monoisotopic (exact) mass is 226 g/mol. The van der Waals surface area contributed by atoms with Crippen LogP contribution >= 0.6 is 15.9 Å². The predicted octanol–water partition coefficient (Wildman–Crippen LogP) is 2.05. The van der Waals surface area contributed by atoms with Crippen molar-refractivity contribution >= 4 is 15.9 Å². The van der Waals surface area contributed by atoms with E-state index in [1.54, 1.807) is 0 Å². The molecule has 1 fully saturated rings. The number of aromatic nitrogens is 1. The number of halogens is 1. The van der Waals surface area contributed by atoms with Crippen LogP contribution in [0.15, 0.2) is 22.8 Å². The van der Waals surface area contributed by atoms with Crippen molar-refractivity contribution < 1.29 is 0 Å². The molecule has 0 unspecified atom stereocenters. The van der Waals surface area contributed by atoms with E-state index in [-0.39, 0.29) is 0 Å². The van der Waals surface area contributed by atoms with E-state index in [0.717, 1.165) is 16.8 Å². The molecule has 0 aromatic carbocycles. The summed E-state index contributed by atoms with van der Waals surface area (Å²) in [6.07, 6.45) is 1.34. The van der Waals surface area contributed by atoms with Gasteiger partial charge in [0.25, 0.3) is 0 Å². The third-order valence-electron chi connectivity index (χ3n) is 2.11. The van der Waals surface area contributed by atoms with Crippen LogP contribution in [0, 0.1) is 0 Å². The maximum absolute atomic E-state index is 4.37. The van der Waals surface area contributed by atoms with E-state index in [2.05, 4.69) is 31.9 Å². The van der Waals surface area contributed by atoms with Crippen LogP contribution < -0.4 is 0 Å². The van der Waals surface area contributed by atoms with Crippen molar-refractivity contribution in [1.82, 2.24) is 9.88 Å². The molecule has 2 rings (SSSR count). The average molecular weight is 227 g/mol. The van der Waals surface area contributed by atoms with Crippen LogP contribution in [0.2, 0.25) is 0 Å². The lowest BCUT2D eigenvalue weighted by Gasteiger charge is -2.30. The largest absolute Gasteiger partial charge is 0.297 e. The van der Waals surface area contributed by atoms with E-state index >= 15 is 0 Å². The summed E-state index contributed by atoms with van der Waals surface area (Å²) >= 11 is 3.36. The maximum Gasteiger partial charge on any atom is 0.106 e. The normalized spacial score (nSPS) is 17.4. The Bertz CT molecular complexity index is 271. The second kappa shape index (κ2) is 3.54. The highest BCUT2D eigenvalue weighted by Gasteiger charge is 2.13. The highest BCUT2D eigenvalue weighted by molar-refractivity contribution is 9.10. The molecular weight excluding hydrogens is 216 g/mol. The maximum atomic E-state index is 4.37. The first-order valence-electron chi connectivity index (χ1n) is 4.18. The summed E-state index contributed by atoms with van der Waals surface area (Å²) in [5.41, 5.74) is 1.16. The zero-order chi connectivity index (χ0) is 8.39. The molecule has 64 valence electrons. The van der Waals surface area contributed by atoms with E-state index in [4.69, 9.17) is 0 Å². The molecule has 1 saturated heterocycles. The van der Waals surface area contributed by atoms with Crippen molar-refractivity contribution in [2.24, 2.45) is 0 Å². The zero-order valence-corrected chi connectivity index (χ0v) is 8.42. The summed E-state index contributed by atoms with van der Waals surface area (Å²) in [5.74, 6) is 0. The van der Waals surface area contributed by atoms with Crippen molar-refractivity contribution in [2.75, 3.05) is 13.1 Å². The third kappa shape index (κ3) is 1.84. The summed E-state index contributed by atoms with van der Waals surface area (Å²) in [4.78, 5) is 6.77. The minimum atomic E-state index is 0.931. The Hall–Kier alpha value is -0.410. The molecule has 0 saturated carbocycles. The van der Waals surface area contributed by atoms with Crippen molar-refractivity contribution in [3.8, 4) is 0 Å². The van der Waals surface area contributed by atoms with Gasteiger partial charge in [0.05, 0.1) is 5.69 Å². The Morgan fingerprint density at radius 2 is 2.25 bits per heavy atom. The van der Waals surface area contributed by atoms with E-state index in [0.29, 0.717) is 0 Å². The fourth-order valence-corrected chi connectivity index (χ4v) is 1.69. The summed E-state index contributed by atoms with van der Waals surface area (Å²) in [7, 11) is 0. The van der Waals surface area contributed by atoms with Crippen LogP contribution in [-0.2, 0) is 6.54 Å². The second-order valence-corrected chi connectivity index (χ2v) is 3.89. The first-order valence-corrected chi connectivity index (χ1v) is 4.98. The van der Waals surface area contributed by atoms with E-state index < -0.39 is 0 Å². The average Bonchev–Trinajstić information content (AvgIpc) is 1.97.